The second-order valence-electron chi connectivity index (χ2n) is 13.3. The summed E-state index contributed by atoms with van der Waals surface area (Å²) in [5.74, 6) is -1.20. The van der Waals surface area contributed by atoms with Gasteiger partial charge in [-0.05, 0) is 63.1 Å². The molecule has 4 rings (SSSR count). The van der Waals surface area contributed by atoms with E-state index < -0.39 is 47.5 Å². The lowest BCUT2D eigenvalue weighted by Gasteiger charge is -2.36. The maximum absolute atomic E-state index is 14.0. The Labute approximate surface area is 293 Å². The Balaban J connectivity index is 1.39. The average molecular weight is 693 g/mol. The van der Waals surface area contributed by atoms with E-state index in [9.17, 15) is 24.0 Å². The molecular formula is C37H48N4O7S. The van der Waals surface area contributed by atoms with Crippen LogP contribution in [-0.4, -0.2) is 75.9 Å². The molecule has 2 aromatic carbocycles. The summed E-state index contributed by atoms with van der Waals surface area (Å²) in [7, 11) is 0. The Morgan fingerprint density at radius 3 is 2.31 bits per heavy atom. The number of ether oxygens (including phenoxy) is 2. The minimum absolute atomic E-state index is 0.0641. The molecule has 12 heteroatoms. The van der Waals surface area contributed by atoms with Crippen LogP contribution in [0.5, 0.6) is 5.75 Å². The van der Waals surface area contributed by atoms with Crippen molar-refractivity contribution in [3.8, 4) is 5.75 Å². The molecule has 49 heavy (non-hydrogen) atoms. The van der Waals surface area contributed by atoms with E-state index in [1.54, 1.807) is 49.9 Å². The fourth-order valence-corrected chi connectivity index (χ4v) is 6.39. The third kappa shape index (κ3) is 10.3. The second-order valence-corrected chi connectivity index (χ2v) is 13.6. The highest BCUT2D eigenvalue weighted by molar-refractivity contribution is 7.79. The monoisotopic (exact) mass is 692 g/mol. The number of thiocarbonyl (C=S) groups is 1. The number of nitrogens with zero attached hydrogens (tertiary/aromatic N) is 1. The fraction of sp³-hybridized carbons (Fsp3) is 0.514. The lowest BCUT2D eigenvalue weighted by Crippen LogP contribution is -2.65. The van der Waals surface area contributed by atoms with Crippen LogP contribution >= 0.6 is 12.2 Å². The van der Waals surface area contributed by atoms with E-state index >= 15 is 0 Å². The molecule has 11 nitrogen and oxygen atoms in total. The normalized spacial score (nSPS) is 25.1. The predicted octanol–water partition coefficient (Wildman–Crippen LogP) is 4.02. The zero-order chi connectivity index (χ0) is 35.6. The van der Waals surface area contributed by atoms with Crippen molar-refractivity contribution in [2.45, 2.75) is 109 Å². The summed E-state index contributed by atoms with van der Waals surface area (Å²) in [6.07, 6.45) is 2.42. The van der Waals surface area contributed by atoms with Gasteiger partial charge < -0.3 is 30.3 Å². The van der Waals surface area contributed by atoms with Gasteiger partial charge in [0.1, 0.15) is 29.4 Å². The van der Waals surface area contributed by atoms with Gasteiger partial charge in [0.2, 0.25) is 23.6 Å². The number of rotatable bonds is 12. The second kappa shape index (κ2) is 17.4. The molecular weight excluding hydrogens is 644 g/mol. The van der Waals surface area contributed by atoms with E-state index in [0.717, 1.165) is 5.56 Å². The number of unbranched alkanes of at least 4 members (excludes halogenated alkanes) is 2. The minimum atomic E-state index is -1.32. The van der Waals surface area contributed by atoms with Gasteiger partial charge in [0.15, 0.2) is 11.9 Å². The molecule has 0 aliphatic carbocycles. The SMILES string of the molecule is CC[C@@]1(C)NC(=O)[C@H](CCCCCC(=O)[C@H](C)OC(=S)Oc2ccccc2)NC(=O)[C@H]2C[C@H](C)CN2C(=O)C(Cc2ccccc2)NC1=O. The van der Waals surface area contributed by atoms with Gasteiger partial charge in [0.25, 0.3) is 0 Å². The Bertz CT molecular complexity index is 1490. The zero-order valence-electron chi connectivity index (χ0n) is 28.7. The largest absolute Gasteiger partial charge is 0.446 e. The number of ketones is 1. The Kier molecular flexibility index (Phi) is 13.3. The van der Waals surface area contributed by atoms with Crippen molar-refractivity contribution >= 4 is 46.9 Å². The van der Waals surface area contributed by atoms with E-state index in [-0.39, 0.29) is 42.1 Å². The van der Waals surface area contributed by atoms with Crippen LogP contribution in [0.3, 0.4) is 0 Å². The Morgan fingerprint density at radius 1 is 0.959 bits per heavy atom. The van der Waals surface area contributed by atoms with Gasteiger partial charge in [0, 0.05) is 31.6 Å². The van der Waals surface area contributed by atoms with Gasteiger partial charge >= 0.3 is 5.24 Å². The first-order chi connectivity index (χ1) is 23.4. The van der Waals surface area contributed by atoms with Crippen molar-refractivity contribution in [2.75, 3.05) is 6.54 Å². The number of hydrogen-bond acceptors (Lipinski definition) is 8. The number of para-hydroxylation sites is 1. The van der Waals surface area contributed by atoms with Crippen molar-refractivity contribution in [3.63, 3.8) is 0 Å². The van der Waals surface area contributed by atoms with Crippen LogP contribution in [0.4, 0.5) is 0 Å². The van der Waals surface area contributed by atoms with Crippen molar-refractivity contribution < 1.29 is 33.4 Å². The standard InChI is InChI=1S/C37H48N4O7S/c1-5-37(4)35(46)39-29(22-26-15-9-6-10-16-26)34(45)41-23-24(2)21-30(41)33(44)38-28(32(43)40-37)19-13-8-14-20-31(42)25(3)47-36(49)48-27-17-11-7-12-18-27/h6-7,9-12,15-18,24-25,28-30H,5,8,13-14,19-23H2,1-4H3,(H,38,44)(H,39,46)(H,40,43)/t24-,25-,28-,29?,30+,37+/m0/s1. The van der Waals surface area contributed by atoms with Gasteiger partial charge in [-0.3, -0.25) is 24.0 Å². The number of benzene rings is 2. The van der Waals surface area contributed by atoms with E-state index in [2.05, 4.69) is 16.0 Å². The van der Waals surface area contributed by atoms with Crippen LogP contribution in [0.25, 0.3) is 0 Å². The zero-order valence-corrected chi connectivity index (χ0v) is 29.6. The summed E-state index contributed by atoms with van der Waals surface area (Å²) >= 11 is 5.12. The molecule has 4 amide bonds. The number of nitrogens with one attached hydrogen (secondary N) is 3. The van der Waals surface area contributed by atoms with E-state index in [1.165, 1.54) is 0 Å². The van der Waals surface area contributed by atoms with Crippen molar-refractivity contribution in [2.24, 2.45) is 5.92 Å². The molecule has 1 unspecified atom stereocenters. The van der Waals surface area contributed by atoms with Crippen LogP contribution in [0.1, 0.15) is 78.2 Å². The molecule has 2 saturated heterocycles. The molecule has 2 aromatic rings. The number of carbonyl (C=O) groups is 5. The number of fused-ring (bicyclic) bond motifs is 1. The van der Waals surface area contributed by atoms with Crippen LogP contribution in [0.2, 0.25) is 0 Å². The highest BCUT2D eigenvalue weighted by atomic mass is 32.1. The molecule has 2 fully saturated rings. The quantitative estimate of drug-likeness (QED) is 0.224. The van der Waals surface area contributed by atoms with Crippen LogP contribution in [0, 0.1) is 5.92 Å². The molecule has 0 saturated carbocycles. The van der Waals surface area contributed by atoms with E-state index in [4.69, 9.17) is 21.7 Å². The summed E-state index contributed by atoms with van der Waals surface area (Å²) in [5, 5.41) is 8.57. The van der Waals surface area contributed by atoms with Gasteiger partial charge in [-0.15, -0.1) is 0 Å². The third-order valence-electron chi connectivity index (χ3n) is 9.31. The molecule has 0 aromatic heterocycles. The lowest BCUT2D eigenvalue weighted by molar-refractivity contribution is -0.144. The van der Waals surface area contributed by atoms with Gasteiger partial charge in [-0.2, -0.15) is 0 Å². The molecule has 3 N–H and O–H groups in total. The van der Waals surface area contributed by atoms with E-state index in [0.29, 0.717) is 44.4 Å². The molecule has 6 atom stereocenters. The number of hydrogen-bond donors (Lipinski definition) is 3. The van der Waals surface area contributed by atoms with Crippen LogP contribution < -0.4 is 20.7 Å². The average Bonchev–Trinajstić information content (AvgIpc) is 3.48. The third-order valence-corrected chi connectivity index (χ3v) is 9.49. The molecule has 2 aliphatic rings. The topological polar surface area (TPSA) is 143 Å². The molecule has 0 bridgehead atoms. The van der Waals surface area contributed by atoms with Crippen molar-refractivity contribution in [3.05, 3.63) is 66.2 Å². The summed E-state index contributed by atoms with van der Waals surface area (Å²) in [6, 6.07) is 15.7. The van der Waals surface area contributed by atoms with Gasteiger partial charge in [0.05, 0.1) is 0 Å². The van der Waals surface area contributed by atoms with Crippen LogP contribution in [0.15, 0.2) is 60.7 Å². The van der Waals surface area contributed by atoms with E-state index in [1.807, 2.05) is 43.3 Å². The summed E-state index contributed by atoms with van der Waals surface area (Å²) in [5.41, 5.74) is -0.451. The molecule has 2 aliphatic heterocycles. The number of Topliss-reactive ketones (excluding diaryl/α,β-unsaturated/α-hetero) is 1. The molecule has 2 heterocycles. The first kappa shape index (κ1) is 37.5. The Morgan fingerprint density at radius 2 is 1.63 bits per heavy atom. The smallest absolute Gasteiger partial charge is 0.358 e. The maximum Gasteiger partial charge on any atom is 0.358 e. The number of carbonyl (C=O) groups excluding carboxylic acids is 5. The molecule has 264 valence electrons. The highest BCUT2D eigenvalue weighted by Gasteiger charge is 2.44. The molecule has 0 radical (unpaired) electrons. The number of amides is 4. The van der Waals surface area contributed by atoms with Crippen molar-refractivity contribution in [1.82, 2.24) is 20.9 Å². The maximum atomic E-state index is 14.0. The van der Waals surface area contributed by atoms with Gasteiger partial charge in [-0.1, -0.05) is 75.2 Å². The summed E-state index contributed by atoms with van der Waals surface area (Å²) in [4.78, 5) is 69.4. The fourth-order valence-electron chi connectivity index (χ4n) is 6.15. The summed E-state index contributed by atoms with van der Waals surface area (Å²) in [6.45, 7) is 7.39. The summed E-state index contributed by atoms with van der Waals surface area (Å²) < 4.78 is 10.9. The molecule has 0 spiro atoms. The predicted molar refractivity (Wildman–Crippen MR) is 188 cm³/mol. The Hall–Kier alpha value is -4.32. The van der Waals surface area contributed by atoms with Crippen molar-refractivity contribution in [1.29, 1.82) is 0 Å². The minimum Gasteiger partial charge on any atom is -0.446 e. The first-order valence-corrected chi connectivity index (χ1v) is 17.5. The van der Waals surface area contributed by atoms with Gasteiger partial charge in [-0.25, -0.2) is 0 Å². The first-order valence-electron chi connectivity index (χ1n) is 17.1. The highest BCUT2D eigenvalue weighted by Crippen LogP contribution is 2.26. The lowest BCUT2D eigenvalue weighted by atomic mass is 9.94. The van der Waals surface area contributed by atoms with Crippen LogP contribution in [-0.2, 0) is 35.1 Å².